The summed E-state index contributed by atoms with van der Waals surface area (Å²) in [6.07, 6.45) is -3.94. The van der Waals surface area contributed by atoms with Crippen LogP contribution in [0.15, 0.2) is 23.2 Å². The largest absolute Gasteiger partial charge is 0.416 e. The third kappa shape index (κ3) is 7.19. The number of thiazole rings is 1. The molecule has 1 heterocycles. The van der Waals surface area contributed by atoms with E-state index in [-0.39, 0.29) is 36.1 Å². The van der Waals surface area contributed by atoms with Gasteiger partial charge in [-0.2, -0.15) is 13.2 Å². The molecule has 0 bridgehead atoms. The van der Waals surface area contributed by atoms with Gasteiger partial charge in [-0.1, -0.05) is 6.07 Å². The molecule has 0 saturated heterocycles. The van der Waals surface area contributed by atoms with Gasteiger partial charge in [-0.3, -0.25) is 0 Å². The molecular formula is C18H23F4IN4S. The third-order valence-electron chi connectivity index (χ3n) is 3.83. The van der Waals surface area contributed by atoms with E-state index in [4.69, 9.17) is 0 Å². The molecule has 2 rings (SSSR count). The van der Waals surface area contributed by atoms with Crippen molar-refractivity contribution in [3.05, 3.63) is 50.7 Å². The fourth-order valence-corrected chi connectivity index (χ4v) is 3.32. The average molecular weight is 530 g/mol. The van der Waals surface area contributed by atoms with Crippen molar-refractivity contribution in [3.8, 4) is 0 Å². The first kappa shape index (κ1) is 24.6. The van der Waals surface area contributed by atoms with Crippen molar-refractivity contribution in [3.63, 3.8) is 0 Å². The number of rotatable bonds is 6. The number of guanidine groups is 1. The molecule has 0 amide bonds. The molecule has 0 fully saturated rings. The second-order valence-corrected chi connectivity index (χ2v) is 7.21. The number of hydrogen-bond acceptors (Lipinski definition) is 3. The van der Waals surface area contributed by atoms with Crippen LogP contribution in [0.5, 0.6) is 0 Å². The Morgan fingerprint density at radius 1 is 1.21 bits per heavy atom. The van der Waals surface area contributed by atoms with Crippen molar-refractivity contribution in [2.24, 2.45) is 4.99 Å². The van der Waals surface area contributed by atoms with E-state index < -0.39 is 17.6 Å². The Kier molecular flexibility index (Phi) is 9.61. The molecule has 0 aliphatic carbocycles. The van der Waals surface area contributed by atoms with Gasteiger partial charge in [0, 0.05) is 24.4 Å². The summed E-state index contributed by atoms with van der Waals surface area (Å²) in [5, 5.41) is 7.07. The Bertz CT molecular complexity index is 786. The SMILES string of the molecule is CCNC(=NCc1ccc(F)cc1C(F)(F)F)NCCc1nc(C)c(C)s1.I. The number of halogens is 5. The summed E-state index contributed by atoms with van der Waals surface area (Å²) in [6, 6.07) is 2.62. The number of aliphatic imine (C=N–C) groups is 1. The Morgan fingerprint density at radius 2 is 1.93 bits per heavy atom. The standard InChI is InChI=1S/C18H22F4N4S.HI/c1-4-23-17(24-8-7-16-26-11(2)12(3)27-16)25-10-13-5-6-14(19)9-15(13)18(20,21)22;/h5-6,9H,4,7-8,10H2,1-3H3,(H2,23,24,25);1H. The van der Waals surface area contributed by atoms with E-state index in [9.17, 15) is 17.6 Å². The summed E-state index contributed by atoms with van der Waals surface area (Å²) >= 11 is 1.62. The minimum Gasteiger partial charge on any atom is -0.357 e. The van der Waals surface area contributed by atoms with E-state index in [1.54, 1.807) is 11.3 Å². The first-order chi connectivity index (χ1) is 12.7. The Morgan fingerprint density at radius 3 is 2.50 bits per heavy atom. The number of benzene rings is 1. The van der Waals surface area contributed by atoms with Crippen LogP contribution in [0.4, 0.5) is 17.6 Å². The highest BCUT2D eigenvalue weighted by molar-refractivity contribution is 14.0. The zero-order chi connectivity index (χ0) is 20.0. The molecule has 0 unspecified atom stereocenters. The van der Waals surface area contributed by atoms with Crippen molar-refractivity contribution in [1.82, 2.24) is 15.6 Å². The van der Waals surface area contributed by atoms with Gasteiger partial charge in [0.2, 0.25) is 0 Å². The number of nitrogens with one attached hydrogen (secondary N) is 2. The Hall–Kier alpha value is -1.43. The Labute approximate surface area is 182 Å². The van der Waals surface area contributed by atoms with Crippen LogP contribution < -0.4 is 10.6 Å². The molecule has 0 spiro atoms. The van der Waals surface area contributed by atoms with E-state index in [0.29, 0.717) is 31.5 Å². The molecule has 2 aromatic rings. The van der Waals surface area contributed by atoms with Crippen LogP contribution >= 0.6 is 35.3 Å². The number of nitrogens with zero attached hydrogens (tertiary/aromatic N) is 2. The number of hydrogen-bond donors (Lipinski definition) is 2. The second-order valence-electron chi connectivity index (χ2n) is 5.92. The molecule has 1 aromatic heterocycles. The molecule has 0 saturated carbocycles. The lowest BCUT2D eigenvalue weighted by Crippen LogP contribution is -2.38. The molecule has 28 heavy (non-hydrogen) atoms. The lowest BCUT2D eigenvalue weighted by molar-refractivity contribution is -0.138. The first-order valence-electron chi connectivity index (χ1n) is 8.51. The van der Waals surface area contributed by atoms with Crippen LogP contribution in [0, 0.1) is 19.7 Å². The van der Waals surface area contributed by atoms with E-state index in [2.05, 4.69) is 20.6 Å². The average Bonchev–Trinajstić information content (AvgIpc) is 2.90. The normalized spacial score (nSPS) is 11.9. The predicted octanol–water partition coefficient (Wildman–Crippen LogP) is 4.83. The van der Waals surface area contributed by atoms with Gasteiger partial charge in [0.1, 0.15) is 5.82 Å². The highest BCUT2D eigenvalue weighted by Crippen LogP contribution is 2.32. The van der Waals surface area contributed by atoms with Gasteiger partial charge in [0.25, 0.3) is 0 Å². The summed E-state index contributed by atoms with van der Waals surface area (Å²) in [7, 11) is 0. The van der Waals surface area contributed by atoms with Gasteiger partial charge in [-0.15, -0.1) is 35.3 Å². The fraction of sp³-hybridized carbons (Fsp3) is 0.444. The molecule has 0 aliphatic heterocycles. The summed E-state index contributed by atoms with van der Waals surface area (Å²) in [6.45, 7) is 6.74. The van der Waals surface area contributed by atoms with Gasteiger partial charge in [0.05, 0.1) is 22.8 Å². The van der Waals surface area contributed by atoms with E-state index in [1.165, 1.54) is 4.88 Å². The summed E-state index contributed by atoms with van der Waals surface area (Å²) < 4.78 is 52.4. The number of aryl methyl sites for hydroxylation is 2. The summed E-state index contributed by atoms with van der Waals surface area (Å²) in [5.74, 6) is -0.519. The molecular weight excluding hydrogens is 507 g/mol. The minimum atomic E-state index is -4.63. The quantitative estimate of drug-likeness (QED) is 0.244. The van der Waals surface area contributed by atoms with Gasteiger partial charge < -0.3 is 10.6 Å². The number of alkyl halides is 3. The molecule has 0 atom stereocenters. The smallest absolute Gasteiger partial charge is 0.357 e. The predicted molar refractivity (Wildman–Crippen MR) is 115 cm³/mol. The van der Waals surface area contributed by atoms with Crippen molar-refractivity contribution in [2.75, 3.05) is 13.1 Å². The Balaban J connectivity index is 0.00000392. The van der Waals surface area contributed by atoms with Gasteiger partial charge in [0.15, 0.2) is 5.96 Å². The highest BCUT2D eigenvalue weighted by Gasteiger charge is 2.33. The third-order valence-corrected chi connectivity index (χ3v) is 4.97. The zero-order valence-electron chi connectivity index (χ0n) is 15.8. The lowest BCUT2D eigenvalue weighted by atomic mass is 10.1. The van der Waals surface area contributed by atoms with Gasteiger partial charge >= 0.3 is 6.18 Å². The molecule has 0 radical (unpaired) electrons. The van der Waals surface area contributed by atoms with Crippen LogP contribution in [-0.4, -0.2) is 24.0 Å². The van der Waals surface area contributed by atoms with Crippen molar-refractivity contribution < 1.29 is 17.6 Å². The van der Waals surface area contributed by atoms with Crippen molar-refractivity contribution >= 4 is 41.3 Å². The molecule has 2 N–H and O–H groups in total. The maximum Gasteiger partial charge on any atom is 0.416 e. The molecule has 0 aliphatic rings. The van der Waals surface area contributed by atoms with Crippen LogP contribution in [0.25, 0.3) is 0 Å². The van der Waals surface area contributed by atoms with Crippen LogP contribution in [0.2, 0.25) is 0 Å². The van der Waals surface area contributed by atoms with Gasteiger partial charge in [-0.25, -0.2) is 14.4 Å². The highest BCUT2D eigenvalue weighted by atomic mass is 127. The molecule has 156 valence electrons. The lowest BCUT2D eigenvalue weighted by Gasteiger charge is -2.13. The molecule has 1 aromatic carbocycles. The maximum atomic E-state index is 13.2. The molecule has 10 heteroatoms. The summed E-state index contributed by atoms with van der Waals surface area (Å²) in [4.78, 5) is 9.82. The monoisotopic (exact) mass is 530 g/mol. The van der Waals surface area contributed by atoms with E-state index in [1.807, 2.05) is 20.8 Å². The number of aromatic nitrogens is 1. The van der Waals surface area contributed by atoms with E-state index in [0.717, 1.165) is 22.8 Å². The van der Waals surface area contributed by atoms with Crippen LogP contribution in [0.3, 0.4) is 0 Å². The minimum absolute atomic E-state index is 0. The zero-order valence-corrected chi connectivity index (χ0v) is 18.9. The van der Waals surface area contributed by atoms with Crippen LogP contribution in [-0.2, 0) is 19.1 Å². The molecule has 4 nitrogen and oxygen atoms in total. The maximum absolute atomic E-state index is 13.2. The fourth-order valence-electron chi connectivity index (χ4n) is 2.39. The van der Waals surface area contributed by atoms with Crippen LogP contribution in [0.1, 0.15) is 33.6 Å². The topological polar surface area (TPSA) is 49.3 Å². The second kappa shape index (κ2) is 10.9. The van der Waals surface area contributed by atoms with Crippen molar-refractivity contribution in [2.45, 2.75) is 39.9 Å². The summed E-state index contributed by atoms with van der Waals surface area (Å²) in [5.41, 5.74) is -0.0744. The first-order valence-corrected chi connectivity index (χ1v) is 9.33. The van der Waals surface area contributed by atoms with E-state index >= 15 is 0 Å². The van der Waals surface area contributed by atoms with Crippen molar-refractivity contribution in [1.29, 1.82) is 0 Å². The van der Waals surface area contributed by atoms with Gasteiger partial charge in [-0.05, 0) is 38.5 Å².